The number of aromatic nitrogens is 2. The van der Waals surface area contributed by atoms with Gasteiger partial charge in [0.2, 0.25) is 5.91 Å². The molecular weight excluding hydrogens is 358 g/mol. The van der Waals surface area contributed by atoms with Crippen LogP contribution in [0.3, 0.4) is 0 Å². The van der Waals surface area contributed by atoms with E-state index >= 15 is 0 Å². The third kappa shape index (κ3) is 4.37. The smallest absolute Gasteiger partial charge is 0.262 e. The standard InChI is InChI=1S/C21H29N3O2S/c1-14(2)24-20(26)17-7-5-6-8-18(17)22-21(24)27-13-19(25)23(4)16-11-9-15(3)10-12-16/h5-8,14-16H,9-13H2,1-4H3. The van der Waals surface area contributed by atoms with Crippen LogP contribution in [0.5, 0.6) is 0 Å². The fraction of sp³-hybridized carbons (Fsp3) is 0.571. The Bertz CT molecular complexity index is 869. The van der Waals surface area contributed by atoms with Crippen LogP contribution in [0.15, 0.2) is 34.2 Å². The van der Waals surface area contributed by atoms with Crippen LogP contribution in [-0.2, 0) is 4.79 Å². The molecule has 5 nitrogen and oxygen atoms in total. The summed E-state index contributed by atoms with van der Waals surface area (Å²) in [6, 6.07) is 7.72. The molecule has 27 heavy (non-hydrogen) atoms. The van der Waals surface area contributed by atoms with Gasteiger partial charge in [-0.05, 0) is 57.6 Å². The Labute approximate surface area is 165 Å². The molecule has 1 aliphatic rings. The third-order valence-electron chi connectivity index (χ3n) is 5.54. The minimum Gasteiger partial charge on any atom is -0.342 e. The van der Waals surface area contributed by atoms with Gasteiger partial charge >= 0.3 is 0 Å². The Balaban J connectivity index is 1.77. The number of carbonyl (C=O) groups excluding carboxylic acids is 1. The number of thioether (sulfide) groups is 1. The van der Waals surface area contributed by atoms with Crippen molar-refractivity contribution in [3.8, 4) is 0 Å². The number of rotatable bonds is 5. The molecule has 0 unspecified atom stereocenters. The van der Waals surface area contributed by atoms with Crippen LogP contribution in [0.25, 0.3) is 10.9 Å². The van der Waals surface area contributed by atoms with Crippen LogP contribution < -0.4 is 5.56 Å². The lowest BCUT2D eigenvalue weighted by molar-refractivity contribution is -0.129. The molecule has 0 N–H and O–H groups in total. The van der Waals surface area contributed by atoms with Crippen molar-refractivity contribution in [3.05, 3.63) is 34.6 Å². The quantitative estimate of drug-likeness (QED) is 0.572. The van der Waals surface area contributed by atoms with Gasteiger partial charge in [0.05, 0.1) is 16.7 Å². The fourth-order valence-electron chi connectivity index (χ4n) is 3.74. The number of amides is 1. The van der Waals surface area contributed by atoms with Crippen molar-refractivity contribution in [2.45, 2.75) is 63.7 Å². The molecule has 0 spiro atoms. The molecule has 1 heterocycles. The van der Waals surface area contributed by atoms with Crippen molar-refractivity contribution in [1.29, 1.82) is 0 Å². The minimum atomic E-state index is -0.0415. The molecule has 1 fully saturated rings. The highest BCUT2D eigenvalue weighted by atomic mass is 32.2. The molecule has 0 saturated heterocycles. The lowest BCUT2D eigenvalue weighted by atomic mass is 9.87. The van der Waals surface area contributed by atoms with E-state index < -0.39 is 0 Å². The highest BCUT2D eigenvalue weighted by Crippen LogP contribution is 2.27. The van der Waals surface area contributed by atoms with Gasteiger partial charge in [0, 0.05) is 19.1 Å². The van der Waals surface area contributed by atoms with Gasteiger partial charge in [-0.25, -0.2) is 4.98 Å². The summed E-state index contributed by atoms with van der Waals surface area (Å²) in [7, 11) is 1.91. The number of fused-ring (bicyclic) bond motifs is 1. The van der Waals surface area contributed by atoms with Crippen LogP contribution in [0.4, 0.5) is 0 Å². The molecule has 0 atom stereocenters. The second-order valence-electron chi connectivity index (χ2n) is 7.89. The van der Waals surface area contributed by atoms with Crippen LogP contribution in [0.1, 0.15) is 52.5 Å². The molecule has 6 heteroatoms. The Kier molecular flexibility index (Phi) is 6.25. The molecule has 0 aliphatic heterocycles. The zero-order valence-electron chi connectivity index (χ0n) is 16.6. The summed E-state index contributed by atoms with van der Waals surface area (Å²) < 4.78 is 1.70. The Morgan fingerprint density at radius 1 is 1.26 bits per heavy atom. The van der Waals surface area contributed by atoms with Gasteiger partial charge in [-0.15, -0.1) is 0 Å². The van der Waals surface area contributed by atoms with E-state index in [1.165, 1.54) is 24.6 Å². The van der Waals surface area contributed by atoms with E-state index in [2.05, 4.69) is 11.9 Å². The average molecular weight is 388 g/mol. The summed E-state index contributed by atoms with van der Waals surface area (Å²) in [5.74, 6) is 1.18. The fourth-order valence-corrected chi connectivity index (χ4v) is 4.80. The number of para-hydroxylation sites is 1. The van der Waals surface area contributed by atoms with E-state index in [-0.39, 0.29) is 17.5 Å². The summed E-state index contributed by atoms with van der Waals surface area (Å²) in [6.45, 7) is 6.22. The number of benzene rings is 1. The Hall–Kier alpha value is -1.82. The summed E-state index contributed by atoms with van der Waals surface area (Å²) in [5, 5.41) is 1.24. The van der Waals surface area contributed by atoms with Gasteiger partial charge in [0.15, 0.2) is 5.16 Å². The normalized spacial score (nSPS) is 20.2. The molecule has 3 rings (SSSR count). The molecule has 1 aliphatic carbocycles. The summed E-state index contributed by atoms with van der Waals surface area (Å²) in [4.78, 5) is 32.1. The van der Waals surface area contributed by atoms with Crippen LogP contribution in [0, 0.1) is 5.92 Å². The molecule has 0 bridgehead atoms. The number of carbonyl (C=O) groups is 1. The molecule has 1 aromatic heterocycles. The van der Waals surface area contributed by atoms with Gasteiger partial charge in [0.1, 0.15) is 0 Å². The Morgan fingerprint density at radius 3 is 2.59 bits per heavy atom. The predicted molar refractivity (Wildman–Crippen MR) is 111 cm³/mol. The van der Waals surface area contributed by atoms with Gasteiger partial charge in [-0.3, -0.25) is 14.2 Å². The number of hydrogen-bond acceptors (Lipinski definition) is 4. The van der Waals surface area contributed by atoms with Crippen molar-refractivity contribution < 1.29 is 4.79 Å². The van der Waals surface area contributed by atoms with E-state index in [0.29, 0.717) is 27.9 Å². The van der Waals surface area contributed by atoms with E-state index in [1.54, 1.807) is 10.6 Å². The molecule has 2 aromatic rings. The highest BCUT2D eigenvalue weighted by molar-refractivity contribution is 7.99. The third-order valence-corrected chi connectivity index (χ3v) is 6.48. The summed E-state index contributed by atoms with van der Waals surface area (Å²) >= 11 is 1.37. The Morgan fingerprint density at radius 2 is 1.93 bits per heavy atom. The lowest BCUT2D eigenvalue weighted by Gasteiger charge is -2.33. The second kappa shape index (κ2) is 8.46. The SMILES string of the molecule is CC1CCC(N(C)C(=O)CSc2nc3ccccc3c(=O)n2C(C)C)CC1. The van der Waals surface area contributed by atoms with E-state index in [9.17, 15) is 9.59 Å². The molecule has 1 amide bonds. The monoisotopic (exact) mass is 387 g/mol. The van der Waals surface area contributed by atoms with Gasteiger partial charge < -0.3 is 4.90 Å². The molecule has 0 radical (unpaired) electrons. The van der Waals surface area contributed by atoms with Crippen LogP contribution in [-0.4, -0.2) is 39.2 Å². The van der Waals surface area contributed by atoms with Crippen molar-refractivity contribution in [2.24, 2.45) is 5.92 Å². The molecule has 1 saturated carbocycles. The predicted octanol–water partition coefficient (Wildman–Crippen LogP) is 4.11. The highest BCUT2D eigenvalue weighted by Gasteiger charge is 2.25. The maximum absolute atomic E-state index is 12.9. The first-order chi connectivity index (χ1) is 12.9. The largest absolute Gasteiger partial charge is 0.342 e. The zero-order chi connectivity index (χ0) is 19.6. The first kappa shape index (κ1) is 19.9. The minimum absolute atomic E-state index is 0.00947. The van der Waals surface area contributed by atoms with Crippen LogP contribution >= 0.6 is 11.8 Å². The number of hydrogen-bond donors (Lipinski definition) is 0. The van der Waals surface area contributed by atoms with Crippen molar-refractivity contribution in [1.82, 2.24) is 14.5 Å². The van der Waals surface area contributed by atoms with Crippen molar-refractivity contribution >= 4 is 28.6 Å². The lowest BCUT2D eigenvalue weighted by Crippen LogP contribution is -2.40. The molecule has 146 valence electrons. The van der Waals surface area contributed by atoms with E-state index in [4.69, 9.17) is 0 Å². The summed E-state index contributed by atoms with van der Waals surface area (Å²) in [6.07, 6.45) is 4.54. The van der Waals surface area contributed by atoms with Gasteiger partial charge in [0.25, 0.3) is 5.56 Å². The maximum Gasteiger partial charge on any atom is 0.262 e. The van der Waals surface area contributed by atoms with Crippen LogP contribution in [0.2, 0.25) is 0 Å². The first-order valence-corrected chi connectivity index (χ1v) is 10.8. The van der Waals surface area contributed by atoms with Crippen molar-refractivity contribution in [2.75, 3.05) is 12.8 Å². The second-order valence-corrected chi connectivity index (χ2v) is 8.83. The maximum atomic E-state index is 12.9. The van der Waals surface area contributed by atoms with E-state index in [0.717, 1.165) is 18.8 Å². The number of nitrogens with zero attached hydrogens (tertiary/aromatic N) is 3. The average Bonchev–Trinajstić information content (AvgIpc) is 2.66. The van der Waals surface area contributed by atoms with E-state index in [1.807, 2.05) is 44.0 Å². The molecular formula is C21H29N3O2S. The summed E-state index contributed by atoms with van der Waals surface area (Å²) in [5.41, 5.74) is 0.643. The van der Waals surface area contributed by atoms with Crippen molar-refractivity contribution in [3.63, 3.8) is 0 Å². The first-order valence-electron chi connectivity index (χ1n) is 9.78. The molecule has 1 aromatic carbocycles. The van der Waals surface area contributed by atoms with Gasteiger partial charge in [-0.2, -0.15) is 0 Å². The topological polar surface area (TPSA) is 55.2 Å². The zero-order valence-corrected chi connectivity index (χ0v) is 17.5. The van der Waals surface area contributed by atoms with Gasteiger partial charge in [-0.1, -0.05) is 30.8 Å².